The second kappa shape index (κ2) is 11.0. The molecule has 4 aromatic rings. The maximum Gasteiger partial charge on any atom is 0.246 e. The number of aromatic nitrogens is 2. The SMILES string of the molecule is CC(C)(N)C(=O)N[C@@H](Cc1ccc(-c2ccccc2)cc1)C(=O)N1CCC[C@H]1c1nc2cc(Cl)c(Cl)cc2[nH]1. The highest BCUT2D eigenvalue weighted by Gasteiger charge is 2.37. The van der Waals surface area contributed by atoms with Crippen molar-refractivity contribution in [2.75, 3.05) is 6.54 Å². The summed E-state index contributed by atoms with van der Waals surface area (Å²) in [5.41, 5.74) is 9.52. The highest BCUT2D eigenvalue weighted by atomic mass is 35.5. The molecule has 2 amide bonds. The lowest BCUT2D eigenvalue weighted by atomic mass is 9.98. The molecule has 0 bridgehead atoms. The van der Waals surface area contributed by atoms with Crippen LogP contribution >= 0.6 is 23.2 Å². The zero-order valence-electron chi connectivity index (χ0n) is 21.9. The van der Waals surface area contributed by atoms with E-state index in [4.69, 9.17) is 33.9 Å². The lowest BCUT2D eigenvalue weighted by molar-refractivity contribution is -0.138. The van der Waals surface area contributed by atoms with Gasteiger partial charge in [0, 0.05) is 13.0 Å². The van der Waals surface area contributed by atoms with E-state index in [0.29, 0.717) is 34.4 Å². The summed E-state index contributed by atoms with van der Waals surface area (Å²) in [7, 11) is 0. The first kappa shape index (κ1) is 27.2. The van der Waals surface area contributed by atoms with Gasteiger partial charge in [-0.25, -0.2) is 4.98 Å². The Morgan fingerprint density at radius 1 is 1.08 bits per heavy atom. The number of imidazole rings is 1. The molecule has 3 aromatic carbocycles. The zero-order chi connectivity index (χ0) is 27.7. The minimum Gasteiger partial charge on any atom is -0.342 e. The topological polar surface area (TPSA) is 104 Å². The van der Waals surface area contributed by atoms with E-state index >= 15 is 0 Å². The summed E-state index contributed by atoms with van der Waals surface area (Å²) in [5, 5.41) is 3.78. The Morgan fingerprint density at radius 3 is 2.44 bits per heavy atom. The third-order valence-electron chi connectivity index (χ3n) is 7.08. The van der Waals surface area contributed by atoms with Crippen molar-refractivity contribution in [1.29, 1.82) is 0 Å². The molecule has 0 saturated carbocycles. The largest absolute Gasteiger partial charge is 0.342 e. The van der Waals surface area contributed by atoms with Crippen molar-refractivity contribution in [3.05, 3.63) is 88.2 Å². The van der Waals surface area contributed by atoms with Gasteiger partial charge in [-0.05, 0) is 55.5 Å². The molecule has 9 heteroatoms. The number of likely N-dealkylation sites (tertiary alicyclic amines) is 1. The van der Waals surface area contributed by atoms with E-state index < -0.39 is 11.6 Å². The van der Waals surface area contributed by atoms with E-state index in [2.05, 4.69) is 22.4 Å². The molecule has 202 valence electrons. The van der Waals surface area contributed by atoms with Crippen molar-refractivity contribution in [3.63, 3.8) is 0 Å². The number of H-pyrrole nitrogens is 1. The number of aromatic amines is 1. The molecule has 39 heavy (non-hydrogen) atoms. The number of nitrogens with zero attached hydrogens (tertiary/aromatic N) is 2. The average Bonchev–Trinajstić information content (AvgIpc) is 3.55. The van der Waals surface area contributed by atoms with Crippen LogP contribution in [-0.2, 0) is 16.0 Å². The Kier molecular flexibility index (Phi) is 7.67. The molecule has 2 heterocycles. The molecule has 7 nitrogen and oxygen atoms in total. The summed E-state index contributed by atoms with van der Waals surface area (Å²) < 4.78 is 0. The second-order valence-corrected chi connectivity index (χ2v) is 11.4. The first-order chi connectivity index (χ1) is 18.6. The Labute approximate surface area is 237 Å². The van der Waals surface area contributed by atoms with E-state index in [0.717, 1.165) is 35.0 Å². The minimum absolute atomic E-state index is 0.168. The summed E-state index contributed by atoms with van der Waals surface area (Å²) in [6.45, 7) is 3.82. The number of nitrogens with two attached hydrogens (primary N) is 1. The Balaban J connectivity index is 1.40. The smallest absolute Gasteiger partial charge is 0.246 e. The fraction of sp³-hybridized carbons (Fsp3) is 0.300. The van der Waals surface area contributed by atoms with Gasteiger partial charge < -0.3 is 20.9 Å². The fourth-order valence-electron chi connectivity index (χ4n) is 4.94. The van der Waals surface area contributed by atoms with Gasteiger partial charge in [-0.1, -0.05) is 77.8 Å². The van der Waals surface area contributed by atoms with E-state index in [9.17, 15) is 9.59 Å². The van der Waals surface area contributed by atoms with E-state index in [1.54, 1.807) is 30.9 Å². The van der Waals surface area contributed by atoms with E-state index in [-0.39, 0.29) is 17.9 Å². The van der Waals surface area contributed by atoms with Crippen molar-refractivity contribution in [1.82, 2.24) is 20.2 Å². The number of hydrogen-bond acceptors (Lipinski definition) is 4. The number of carbonyl (C=O) groups is 2. The number of carbonyl (C=O) groups excluding carboxylic acids is 2. The van der Waals surface area contributed by atoms with Crippen LogP contribution in [0.3, 0.4) is 0 Å². The summed E-state index contributed by atoms with van der Waals surface area (Å²) in [6, 6.07) is 20.6. The minimum atomic E-state index is -1.13. The molecule has 2 atom stereocenters. The number of hydrogen-bond donors (Lipinski definition) is 3. The van der Waals surface area contributed by atoms with Crippen LogP contribution in [0.1, 0.15) is 44.1 Å². The number of benzene rings is 3. The van der Waals surface area contributed by atoms with Gasteiger partial charge in [-0.3, -0.25) is 9.59 Å². The second-order valence-electron chi connectivity index (χ2n) is 10.6. The third kappa shape index (κ3) is 5.96. The first-order valence-corrected chi connectivity index (χ1v) is 13.7. The summed E-state index contributed by atoms with van der Waals surface area (Å²) in [5.74, 6) is 0.120. The number of halogens is 2. The Hall–Kier alpha value is -3.39. The first-order valence-electron chi connectivity index (χ1n) is 13.0. The molecule has 0 spiro atoms. The number of rotatable bonds is 7. The summed E-state index contributed by atoms with van der Waals surface area (Å²) in [4.78, 5) is 36.7. The molecule has 1 aliphatic heterocycles. The van der Waals surface area contributed by atoms with Gasteiger partial charge in [0.05, 0.1) is 32.7 Å². The normalized spacial score (nSPS) is 16.4. The monoisotopic (exact) mass is 563 g/mol. The van der Waals surface area contributed by atoms with Gasteiger partial charge >= 0.3 is 0 Å². The van der Waals surface area contributed by atoms with Gasteiger partial charge in [-0.15, -0.1) is 0 Å². The quantitative estimate of drug-likeness (QED) is 0.269. The van der Waals surface area contributed by atoms with Gasteiger partial charge in [0.2, 0.25) is 11.8 Å². The molecule has 4 N–H and O–H groups in total. The maximum absolute atomic E-state index is 14.0. The molecule has 0 unspecified atom stereocenters. The number of amides is 2. The Morgan fingerprint density at radius 2 is 1.74 bits per heavy atom. The zero-order valence-corrected chi connectivity index (χ0v) is 23.4. The van der Waals surface area contributed by atoms with Crippen molar-refractivity contribution in [2.45, 2.75) is 50.7 Å². The molecular formula is C30H31Cl2N5O2. The Bertz CT molecular complexity index is 1460. The lowest BCUT2D eigenvalue weighted by Crippen LogP contribution is -2.57. The summed E-state index contributed by atoms with van der Waals surface area (Å²) in [6.07, 6.45) is 1.91. The number of fused-ring (bicyclic) bond motifs is 1. The van der Waals surface area contributed by atoms with Crippen LogP contribution < -0.4 is 11.1 Å². The van der Waals surface area contributed by atoms with Crippen LogP contribution in [0.2, 0.25) is 10.0 Å². The third-order valence-corrected chi connectivity index (χ3v) is 7.81. The van der Waals surface area contributed by atoms with Gasteiger partial charge in [0.1, 0.15) is 11.9 Å². The van der Waals surface area contributed by atoms with E-state index in [1.165, 1.54) is 0 Å². The maximum atomic E-state index is 14.0. The molecule has 1 aliphatic rings. The van der Waals surface area contributed by atoms with Crippen LogP contribution in [0.4, 0.5) is 0 Å². The van der Waals surface area contributed by atoms with E-state index in [1.807, 2.05) is 42.5 Å². The van der Waals surface area contributed by atoms with Crippen molar-refractivity contribution in [2.24, 2.45) is 5.73 Å². The molecule has 5 rings (SSSR count). The van der Waals surface area contributed by atoms with Crippen molar-refractivity contribution < 1.29 is 9.59 Å². The predicted octanol–water partition coefficient (Wildman–Crippen LogP) is 5.67. The van der Waals surface area contributed by atoms with Crippen LogP contribution in [0.5, 0.6) is 0 Å². The molecule has 0 aliphatic carbocycles. The van der Waals surface area contributed by atoms with Crippen LogP contribution in [-0.4, -0.2) is 44.8 Å². The fourth-order valence-corrected chi connectivity index (χ4v) is 5.26. The van der Waals surface area contributed by atoms with Crippen LogP contribution in [0.25, 0.3) is 22.2 Å². The number of nitrogens with one attached hydrogen (secondary N) is 2. The van der Waals surface area contributed by atoms with Gasteiger partial charge in [-0.2, -0.15) is 0 Å². The highest BCUT2D eigenvalue weighted by Crippen LogP contribution is 2.34. The molecule has 0 radical (unpaired) electrons. The molecule has 1 fully saturated rings. The van der Waals surface area contributed by atoms with Crippen LogP contribution in [0.15, 0.2) is 66.7 Å². The van der Waals surface area contributed by atoms with Crippen molar-refractivity contribution in [3.8, 4) is 11.1 Å². The highest BCUT2D eigenvalue weighted by molar-refractivity contribution is 6.42. The predicted molar refractivity (Wildman–Crippen MR) is 156 cm³/mol. The average molecular weight is 565 g/mol. The van der Waals surface area contributed by atoms with Crippen LogP contribution in [0, 0.1) is 0 Å². The van der Waals surface area contributed by atoms with Crippen molar-refractivity contribution >= 4 is 46.0 Å². The van der Waals surface area contributed by atoms with Gasteiger partial charge in [0.25, 0.3) is 0 Å². The molecule has 1 saturated heterocycles. The lowest BCUT2D eigenvalue weighted by Gasteiger charge is -2.30. The summed E-state index contributed by atoms with van der Waals surface area (Å²) >= 11 is 12.4. The van der Waals surface area contributed by atoms with Gasteiger partial charge in [0.15, 0.2) is 0 Å². The molecule has 1 aromatic heterocycles. The standard InChI is InChI=1S/C30H31Cl2N5O2/c1-30(2,33)29(39)36-25(15-18-10-12-20(13-11-18)19-7-4-3-5-8-19)28(38)37-14-6-9-26(37)27-34-23-16-21(31)22(32)17-24(23)35-27/h3-5,7-8,10-13,16-17,25-26H,6,9,14-15,33H2,1-2H3,(H,34,35)(H,36,39)/t25-,26-/m0/s1. The molecular weight excluding hydrogens is 533 g/mol.